The van der Waals surface area contributed by atoms with Gasteiger partial charge in [-0.15, -0.1) is 0 Å². The van der Waals surface area contributed by atoms with Gasteiger partial charge in [0.2, 0.25) is 0 Å². The summed E-state index contributed by atoms with van der Waals surface area (Å²) in [6.07, 6.45) is 0. The van der Waals surface area contributed by atoms with E-state index in [2.05, 4.69) is 75.2 Å². The van der Waals surface area contributed by atoms with E-state index in [9.17, 15) is 0 Å². The smallest absolute Gasteiger partial charge is 0.0254 e. The molecule has 0 atom stereocenters. The first-order valence-electron chi connectivity index (χ1n) is 4.69. The lowest BCUT2D eigenvalue weighted by Crippen LogP contribution is -1.80. The quantitative estimate of drug-likeness (QED) is 0.677. The fraction of sp³-hybridized carbons (Fsp3) is 0.0769. The Morgan fingerprint density at radius 1 is 0.867 bits per heavy atom. The summed E-state index contributed by atoms with van der Waals surface area (Å²) >= 11 is 7.05. The lowest BCUT2D eigenvalue weighted by atomic mass is 10.0. The van der Waals surface area contributed by atoms with E-state index in [1.807, 2.05) is 6.07 Å². The van der Waals surface area contributed by atoms with Gasteiger partial charge in [-0.2, -0.15) is 0 Å². The van der Waals surface area contributed by atoms with Gasteiger partial charge in [0.25, 0.3) is 0 Å². The molecule has 2 aromatic carbocycles. The summed E-state index contributed by atoms with van der Waals surface area (Å²) < 4.78 is 2.22. The summed E-state index contributed by atoms with van der Waals surface area (Å²) in [6, 6.07) is 14.7. The van der Waals surface area contributed by atoms with Gasteiger partial charge >= 0.3 is 0 Å². The van der Waals surface area contributed by atoms with Crippen LogP contribution in [0.4, 0.5) is 0 Å². The molecule has 0 aromatic heterocycles. The second-order valence-electron chi connectivity index (χ2n) is 3.49. The maximum atomic E-state index is 3.56. The van der Waals surface area contributed by atoms with Crippen molar-refractivity contribution < 1.29 is 0 Å². The summed E-state index contributed by atoms with van der Waals surface area (Å²) in [4.78, 5) is 0. The van der Waals surface area contributed by atoms with Gasteiger partial charge in [0, 0.05) is 8.95 Å². The molecule has 0 unspecified atom stereocenters. The van der Waals surface area contributed by atoms with Gasteiger partial charge in [-0.05, 0) is 36.2 Å². The minimum Gasteiger partial charge on any atom is -0.0587 e. The molecule has 0 saturated heterocycles. The Bertz CT molecular complexity index is 472. The van der Waals surface area contributed by atoms with Gasteiger partial charge in [0.15, 0.2) is 0 Å². The Hall–Kier alpha value is -0.600. The van der Waals surface area contributed by atoms with Crippen molar-refractivity contribution >= 4 is 31.9 Å². The number of benzene rings is 2. The molecule has 2 aromatic rings. The lowest BCUT2D eigenvalue weighted by Gasteiger charge is -2.05. The molecule has 0 aliphatic heterocycles. The van der Waals surface area contributed by atoms with Crippen molar-refractivity contribution in [1.82, 2.24) is 0 Å². The Kier molecular flexibility index (Phi) is 3.27. The molecular weight excluding hydrogens is 316 g/mol. The largest absolute Gasteiger partial charge is 0.0587 e. The predicted molar refractivity (Wildman–Crippen MR) is 72.0 cm³/mol. The molecule has 0 spiro atoms. The van der Waals surface area contributed by atoms with E-state index >= 15 is 0 Å². The number of rotatable bonds is 1. The molecule has 0 nitrogen and oxygen atoms in total. The van der Waals surface area contributed by atoms with Gasteiger partial charge in [-0.1, -0.05) is 61.7 Å². The average Bonchev–Trinajstić information content (AvgIpc) is 2.23. The molecule has 0 aliphatic carbocycles. The van der Waals surface area contributed by atoms with E-state index in [0.29, 0.717) is 0 Å². The molecular formula is C13H10Br2. The van der Waals surface area contributed by atoms with Crippen molar-refractivity contribution in [2.24, 2.45) is 0 Å². The fourth-order valence-electron chi connectivity index (χ4n) is 1.45. The molecule has 15 heavy (non-hydrogen) atoms. The third-order valence-corrected chi connectivity index (χ3v) is 3.48. The summed E-state index contributed by atoms with van der Waals surface area (Å²) in [7, 11) is 0. The van der Waals surface area contributed by atoms with E-state index in [0.717, 1.165) is 8.95 Å². The molecule has 2 rings (SSSR count). The van der Waals surface area contributed by atoms with Gasteiger partial charge in [0.05, 0.1) is 0 Å². The first-order chi connectivity index (χ1) is 7.16. The number of aryl methyl sites for hydroxylation is 1. The molecule has 0 radical (unpaired) electrons. The number of halogens is 2. The van der Waals surface area contributed by atoms with Crippen LogP contribution in [0.15, 0.2) is 51.4 Å². The minimum atomic E-state index is 1.10. The summed E-state index contributed by atoms with van der Waals surface area (Å²) in [5, 5.41) is 0. The number of hydrogen-bond donors (Lipinski definition) is 0. The van der Waals surface area contributed by atoms with E-state index in [4.69, 9.17) is 0 Å². The highest BCUT2D eigenvalue weighted by molar-refractivity contribution is 9.11. The van der Waals surface area contributed by atoms with Gasteiger partial charge in [0.1, 0.15) is 0 Å². The maximum Gasteiger partial charge on any atom is 0.0254 e. The Labute approximate surface area is 107 Å². The van der Waals surface area contributed by atoms with Crippen molar-refractivity contribution in [2.75, 3.05) is 0 Å². The normalized spacial score (nSPS) is 10.3. The molecule has 0 N–H and O–H groups in total. The summed E-state index contributed by atoms with van der Waals surface area (Å²) in [6.45, 7) is 2.10. The minimum absolute atomic E-state index is 1.10. The Morgan fingerprint density at radius 3 is 2.20 bits per heavy atom. The van der Waals surface area contributed by atoms with Crippen molar-refractivity contribution in [3.05, 3.63) is 57.0 Å². The fourth-order valence-corrected chi connectivity index (χ4v) is 2.29. The van der Waals surface area contributed by atoms with Crippen LogP contribution in [0.5, 0.6) is 0 Å². The molecule has 0 saturated carbocycles. The van der Waals surface area contributed by atoms with Gasteiger partial charge < -0.3 is 0 Å². The standard InChI is InChI=1S/C13H10Br2/c1-9-2-4-10(5-3-9)12-8-11(14)6-7-13(12)15/h2-8H,1H3. The molecule has 0 amide bonds. The monoisotopic (exact) mass is 324 g/mol. The summed E-state index contributed by atoms with van der Waals surface area (Å²) in [5.41, 5.74) is 3.73. The molecule has 0 aliphatic rings. The van der Waals surface area contributed by atoms with Crippen LogP contribution in [0.25, 0.3) is 11.1 Å². The first kappa shape index (κ1) is 10.9. The molecule has 0 fully saturated rings. The highest BCUT2D eigenvalue weighted by Crippen LogP contribution is 2.30. The van der Waals surface area contributed by atoms with Crippen molar-refractivity contribution in [3.63, 3.8) is 0 Å². The topological polar surface area (TPSA) is 0 Å². The first-order valence-corrected chi connectivity index (χ1v) is 6.27. The summed E-state index contributed by atoms with van der Waals surface area (Å²) in [5.74, 6) is 0. The van der Waals surface area contributed by atoms with Crippen LogP contribution in [0.3, 0.4) is 0 Å². The van der Waals surface area contributed by atoms with Crippen molar-refractivity contribution in [2.45, 2.75) is 6.92 Å². The highest BCUT2D eigenvalue weighted by Gasteiger charge is 2.03. The molecule has 76 valence electrons. The average molecular weight is 326 g/mol. The zero-order chi connectivity index (χ0) is 10.8. The SMILES string of the molecule is Cc1ccc(-c2cc(Br)ccc2Br)cc1. The molecule has 0 heterocycles. The van der Waals surface area contributed by atoms with Crippen LogP contribution in [0, 0.1) is 6.92 Å². The number of hydrogen-bond acceptors (Lipinski definition) is 0. The second kappa shape index (κ2) is 4.50. The second-order valence-corrected chi connectivity index (χ2v) is 5.26. The molecule has 0 bridgehead atoms. The van der Waals surface area contributed by atoms with Crippen LogP contribution in [0.1, 0.15) is 5.56 Å². The zero-order valence-electron chi connectivity index (χ0n) is 8.30. The van der Waals surface area contributed by atoms with Gasteiger partial charge in [-0.3, -0.25) is 0 Å². The Balaban J connectivity index is 2.53. The third kappa shape index (κ3) is 2.50. The van der Waals surface area contributed by atoms with E-state index < -0.39 is 0 Å². The van der Waals surface area contributed by atoms with Crippen LogP contribution < -0.4 is 0 Å². The van der Waals surface area contributed by atoms with Gasteiger partial charge in [-0.25, -0.2) is 0 Å². The zero-order valence-corrected chi connectivity index (χ0v) is 11.5. The van der Waals surface area contributed by atoms with Crippen molar-refractivity contribution in [1.29, 1.82) is 0 Å². The highest BCUT2D eigenvalue weighted by atomic mass is 79.9. The van der Waals surface area contributed by atoms with E-state index in [-0.39, 0.29) is 0 Å². The van der Waals surface area contributed by atoms with E-state index in [1.165, 1.54) is 16.7 Å². The predicted octanol–water partition coefficient (Wildman–Crippen LogP) is 5.19. The lowest BCUT2D eigenvalue weighted by molar-refractivity contribution is 1.46. The van der Waals surface area contributed by atoms with E-state index in [1.54, 1.807) is 0 Å². The van der Waals surface area contributed by atoms with Crippen LogP contribution in [-0.4, -0.2) is 0 Å². The van der Waals surface area contributed by atoms with Crippen LogP contribution in [0.2, 0.25) is 0 Å². The third-order valence-electron chi connectivity index (χ3n) is 2.29. The van der Waals surface area contributed by atoms with Crippen molar-refractivity contribution in [3.8, 4) is 11.1 Å². The Morgan fingerprint density at radius 2 is 1.53 bits per heavy atom. The van der Waals surface area contributed by atoms with Crippen LogP contribution in [-0.2, 0) is 0 Å². The molecule has 2 heteroatoms. The van der Waals surface area contributed by atoms with Crippen LogP contribution >= 0.6 is 31.9 Å². The maximum absolute atomic E-state index is 3.56.